The number of nitrogens with one attached hydrogen (secondary N) is 1. The number of fused-ring (bicyclic) bond motifs is 1. The van der Waals surface area contributed by atoms with E-state index in [9.17, 15) is 19.2 Å². The lowest BCUT2D eigenvalue weighted by Gasteiger charge is -2.22. The summed E-state index contributed by atoms with van der Waals surface area (Å²) in [6, 6.07) is 20.1. The highest BCUT2D eigenvalue weighted by atomic mass is 16.4. The first-order valence-corrected chi connectivity index (χ1v) is 15.0. The molecule has 3 aromatic rings. The van der Waals surface area contributed by atoms with Gasteiger partial charge >= 0.3 is 5.97 Å². The third-order valence-corrected chi connectivity index (χ3v) is 8.49. The standard InChI is InChI=1S/C36H37NO5/c38-33(31-19-12-25-8-4-5-9-30(25)22-31)23-32(27-13-10-26(11-14-27)24-6-2-1-3-7-24)35(41)28-15-17-29(18-16-28)36(42)37-21-20-34(39)40/h10-19,22-24H,1-9,20-21H2,(H,37,42)(H,39,40)/b32-23-. The van der Waals surface area contributed by atoms with Crippen molar-refractivity contribution in [1.82, 2.24) is 5.32 Å². The van der Waals surface area contributed by atoms with Gasteiger partial charge in [0.05, 0.1) is 6.42 Å². The Labute approximate surface area is 246 Å². The van der Waals surface area contributed by atoms with E-state index in [0.29, 0.717) is 33.7 Å². The first kappa shape index (κ1) is 29.2. The number of carbonyl (C=O) groups excluding carboxylic acids is 3. The van der Waals surface area contributed by atoms with Crippen molar-refractivity contribution in [2.24, 2.45) is 0 Å². The monoisotopic (exact) mass is 563 g/mol. The number of hydrogen-bond donors (Lipinski definition) is 2. The topological polar surface area (TPSA) is 101 Å². The molecule has 1 fully saturated rings. The summed E-state index contributed by atoms with van der Waals surface area (Å²) in [5.41, 5.74) is 6.03. The van der Waals surface area contributed by atoms with Gasteiger partial charge in [-0.2, -0.15) is 0 Å². The van der Waals surface area contributed by atoms with E-state index < -0.39 is 11.9 Å². The van der Waals surface area contributed by atoms with Crippen LogP contribution in [0.4, 0.5) is 0 Å². The summed E-state index contributed by atoms with van der Waals surface area (Å²) < 4.78 is 0. The predicted molar refractivity (Wildman–Crippen MR) is 163 cm³/mol. The molecular formula is C36H37NO5. The van der Waals surface area contributed by atoms with Gasteiger partial charge in [0.1, 0.15) is 0 Å². The number of aliphatic carboxylic acids is 1. The van der Waals surface area contributed by atoms with Crippen LogP contribution in [-0.4, -0.2) is 35.1 Å². The number of carboxylic acid groups (broad SMARTS) is 1. The molecule has 2 aliphatic rings. The number of rotatable bonds is 10. The highest BCUT2D eigenvalue weighted by Gasteiger charge is 2.20. The molecule has 0 heterocycles. The summed E-state index contributed by atoms with van der Waals surface area (Å²) in [4.78, 5) is 50.5. The van der Waals surface area contributed by atoms with Gasteiger partial charge in [-0.05, 0) is 91.0 Å². The SMILES string of the molecule is O=C(O)CCNC(=O)c1ccc(C(=O)/C(=C\C(=O)c2ccc3c(c2)CCCC3)c2ccc(C3CCCCC3)cc2)cc1. The number of hydrogen-bond acceptors (Lipinski definition) is 4. The molecular weight excluding hydrogens is 526 g/mol. The van der Waals surface area contributed by atoms with Crippen molar-refractivity contribution < 1.29 is 24.3 Å². The number of benzene rings is 3. The Morgan fingerprint density at radius 2 is 1.33 bits per heavy atom. The average Bonchev–Trinajstić information content (AvgIpc) is 3.03. The zero-order chi connectivity index (χ0) is 29.5. The summed E-state index contributed by atoms with van der Waals surface area (Å²) in [6.07, 6.45) is 11.7. The summed E-state index contributed by atoms with van der Waals surface area (Å²) in [6.45, 7) is 0.0173. The van der Waals surface area contributed by atoms with Gasteiger partial charge in [0, 0.05) is 28.8 Å². The van der Waals surface area contributed by atoms with Crippen LogP contribution in [0.1, 0.15) is 111 Å². The Bertz CT molecular complexity index is 1490. The van der Waals surface area contributed by atoms with Crippen LogP contribution in [0.25, 0.3) is 5.57 Å². The molecule has 2 N–H and O–H groups in total. The van der Waals surface area contributed by atoms with Gasteiger partial charge in [0.25, 0.3) is 5.91 Å². The lowest BCUT2D eigenvalue weighted by atomic mass is 9.83. The Morgan fingerprint density at radius 1 is 0.714 bits per heavy atom. The van der Waals surface area contributed by atoms with Crippen molar-refractivity contribution in [1.29, 1.82) is 0 Å². The Hall–Kier alpha value is -4.32. The lowest BCUT2D eigenvalue weighted by Crippen LogP contribution is -2.26. The quantitative estimate of drug-likeness (QED) is 0.205. The minimum absolute atomic E-state index is 0.0173. The molecule has 2 aliphatic carbocycles. The van der Waals surface area contributed by atoms with Crippen LogP contribution in [0.15, 0.2) is 72.8 Å². The Balaban J connectivity index is 1.42. The van der Waals surface area contributed by atoms with Crippen LogP contribution in [0, 0.1) is 0 Å². The van der Waals surface area contributed by atoms with Gasteiger partial charge in [0.2, 0.25) is 0 Å². The number of aryl methyl sites for hydroxylation is 2. The maximum absolute atomic E-state index is 13.9. The molecule has 0 aliphatic heterocycles. The highest BCUT2D eigenvalue weighted by molar-refractivity contribution is 6.32. The van der Waals surface area contributed by atoms with Crippen molar-refractivity contribution in [3.8, 4) is 0 Å². The smallest absolute Gasteiger partial charge is 0.305 e. The van der Waals surface area contributed by atoms with Gasteiger partial charge in [-0.1, -0.05) is 67.8 Å². The van der Waals surface area contributed by atoms with Crippen molar-refractivity contribution in [3.63, 3.8) is 0 Å². The fourth-order valence-corrected chi connectivity index (χ4v) is 6.07. The van der Waals surface area contributed by atoms with Crippen LogP contribution in [0.5, 0.6) is 0 Å². The molecule has 0 unspecified atom stereocenters. The predicted octanol–water partition coefficient (Wildman–Crippen LogP) is 6.97. The van der Waals surface area contributed by atoms with E-state index in [1.165, 1.54) is 61.3 Å². The molecule has 0 aromatic heterocycles. The molecule has 0 atom stereocenters. The minimum Gasteiger partial charge on any atom is -0.481 e. The van der Waals surface area contributed by atoms with E-state index in [4.69, 9.17) is 5.11 Å². The Kier molecular flexibility index (Phi) is 9.42. The van der Waals surface area contributed by atoms with Crippen molar-refractivity contribution >= 4 is 29.0 Å². The van der Waals surface area contributed by atoms with E-state index in [1.54, 1.807) is 24.3 Å². The van der Waals surface area contributed by atoms with Gasteiger partial charge in [0.15, 0.2) is 11.6 Å². The summed E-state index contributed by atoms with van der Waals surface area (Å²) in [7, 11) is 0. The molecule has 3 aromatic carbocycles. The summed E-state index contributed by atoms with van der Waals surface area (Å²) in [5, 5.41) is 11.4. The van der Waals surface area contributed by atoms with E-state index in [1.807, 2.05) is 30.3 Å². The fraction of sp³-hybridized carbons (Fsp3) is 0.333. The molecule has 0 radical (unpaired) electrons. The average molecular weight is 564 g/mol. The van der Waals surface area contributed by atoms with Gasteiger partial charge in [-0.25, -0.2) is 0 Å². The molecule has 6 heteroatoms. The number of amides is 1. The van der Waals surface area contributed by atoms with Crippen molar-refractivity contribution in [2.45, 2.75) is 70.1 Å². The van der Waals surface area contributed by atoms with Gasteiger partial charge in [-0.3, -0.25) is 19.2 Å². The molecule has 6 nitrogen and oxygen atoms in total. The number of carbonyl (C=O) groups is 4. The van der Waals surface area contributed by atoms with E-state index >= 15 is 0 Å². The maximum atomic E-state index is 13.9. The molecule has 42 heavy (non-hydrogen) atoms. The van der Waals surface area contributed by atoms with Crippen LogP contribution < -0.4 is 5.32 Å². The largest absolute Gasteiger partial charge is 0.481 e. The maximum Gasteiger partial charge on any atom is 0.305 e. The second-order valence-electron chi connectivity index (χ2n) is 11.4. The first-order valence-electron chi connectivity index (χ1n) is 15.0. The van der Waals surface area contributed by atoms with Crippen molar-refractivity contribution in [3.05, 3.63) is 112 Å². The van der Waals surface area contributed by atoms with Gasteiger partial charge < -0.3 is 10.4 Å². The molecule has 216 valence electrons. The normalized spacial score (nSPS) is 15.5. The first-order chi connectivity index (χ1) is 20.4. The van der Waals surface area contributed by atoms with Crippen molar-refractivity contribution in [2.75, 3.05) is 6.54 Å². The van der Waals surface area contributed by atoms with Gasteiger partial charge in [-0.15, -0.1) is 0 Å². The highest BCUT2D eigenvalue weighted by Crippen LogP contribution is 2.33. The zero-order valence-corrected chi connectivity index (χ0v) is 23.9. The van der Waals surface area contributed by atoms with E-state index in [0.717, 1.165) is 19.3 Å². The molecule has 1 amide bonds. The third kappa shape index (κ3) is 7.11. The molecule has 0 spiro atoms. The van der Waals surface area contributed by atoms with Crippen LogP contribution in [0.3, 0.4) is 0 Å². The minimum atomic E-state index is -0.993. The molecule has 5 rings (SSSR count). The van der Waals surface area contributed by atoms with E-state index in [2.05, 4.69) is 17.4 Å². The van der Waals surface area contributed by atoms with E-state index in [-0.39, 0.29) is 24.5 Å². The molecule has 0 bridgehead atoms. The Morgan fingerprint density at radius 3 is 2.02 bits per heavy atom. The second-order valence-corrected chi connectivity index (χ2v) is 11.4. The fourth-order valence-electron chi connectivity index (χ4n) is 6.07. The number of ketones is 2. The second kappa shape index (κ2) is 13.6. The lowest BCUT2D eigenvalue weighted by molar-refractivity contribution is -0.136. The van der Waals surface area contributed by atoms with Crippen LogP contribution in [-0.2, 0) is 17.6 Å². The third-order valence-electron chi connectivity index (χ3n) is 8.49. The molecule has 0 saturated heterocycles. The van der Waals surface area contributed by atoms with Crippen LogP contribution in [0.2, 0.25) is 0 Å². The summed E-state index contributed by atoms with van der Waals surface area (Å²) in [5.74, 6) is -1.39. The van der Waals surface area contributed by atoms with Crippen LogP contribution >= 0.6 is 0 Å². The molecule has 1 saturated carbocycles. The number of Topliss-reactive ketones (excluding diaryl/α,β-unsaturated/α-hetero) is 1. The zero-order valence-electron chi connectivity index (χ0n) is 23.9. The summed E-state index contributed by atoms with van der Waals surface area (Å²) >= 11 is 0. The number of allylic oxidation sites excluding steroid dienone is 2. The number of carboxylic acids is 1.